The van der Waals surface area contributed by atoms with Crippen molar-refractivity contribution in [1.29, 1.82) is 0 Å². The molecule has 0 heterocycles. The Morgan fingerprint density at radius 1 is 0.706 bits per heavy atom. The molecule has 0 spiro atoms. The summed E-state index contributed by atoms with van der Waals surface area (Å²) < 4.78 is 11.5. The third-order valence-electron chi connectivity index (χ3n) is 6.75. The van der Waals surface area contributed by atoms with E-state index in [0.717, 1.165) is 36.0 Å². The molecule has 0 bridgehead atoms. The highest BCUT2D eigenvalue weighted by Gasteiger charge is 2.19. The molecule has 0 aliphatic rings. The first-order valence-corrected chi connectivity index (χ1v) is 17.2. The van der Waals surface area contributed by atoms with Gasteiger partial charge in [-0.15, -0.1) is 0 Å². The quantitative estimate of drug-likeness (QED) is 0.120. The van der Waals surface area contributed by atoms with Gasteiger partial charge in [0.15, 0.2) is 0 Å². The minimum atomic E-state index is -1.14. The Hall–Kier alpha value is -1.81. The van der Waals surface area contributed by atoms with Crippen molar-refractivity contribution in [3.63, 3.8) is 0 Å². The van der Waals surface area contributed by atoms with E-state index in [1.165, 1.54) is 69.9 Å². The van der Waals surface area contributed by atoms with Crippen LogP contribution in [0.3, 0.4) is 0 Å². The molecular formula is C30H48O3Si. The molecule has 0 aliphatic carbocycles. The van der Waals surface area contributed by atoms with E-state index >= 15 is 0 Å². The lowest BCUT2D eigenvalue weighted by atomic mass is 10.1. The summed E-state index contributed by atoms with van der Waals surface area (Å²) in [5.74, 6) is 0.686. The highest BCUT2D eigenvalue weighted by molar-refractivity contribution is 6.77. The largest absolute Gasteiger partial charge is 0.494 e. The lowest BCUT2D eigenvalue weighted by Gasteiger charge is -2.21. The molecule has 2 rings (SSSR count). The van der Waals surface area contributed by atoms with Crippen LogP contribution in [0.25, 0.3) is 10.8 Å². The lowest BCUT2D eigenvalue weighted by Crippen LogP contribution is -2.25. The number of hydrogen-bond donors (Lipinski definition) is 0. The Labute approximate surface area is 209 Å². The van der Waals surface area contributed by atoms with E-state index in [1.807, 2.05) is 30.3 Å². The molecule has 190 valence electrons. The maximum absolute atomic E-state index is 12.5. The molecule has 0 fully saturated rings. The Kier molecular flexibility index (Phi) is 13.3. The van der Waals surface area contributed by atoms with Crippen LogP contribution in [0.15, 0.2) is 36.4 Å². The van der Waals surface area contributed by atoms with E-state index in [0.29, 0.717) is 12.2 Å². The number of fused-ring (bicyclic) bond motifs is 1. The van der Waals surface area contributed by atoms with Crippen LogP contribution in [0.1, 0.15) is 94.8 Å². The zero-order valence-electron chi connectivity index (χ0n) is 22.3. The summed E-state index contributed by atoms with van der Waals surface area (Å²) in [7, 11) is -1.14. The first-order chi connectivity index (χ1) is 16.4. The van der Waals surface area contributed by atoms with Crippen LogP contribution in [-0.4, -0.2) is 27.3 Å². The molecule has 2 aromatic rings. The summed E-state index contributed by atoms with van der Waals surface area (Å²) in [6, 6.07) is 14.5. The fraction of sp³-hybridized carbons (Fsp3) is 0.633. The molecule has 0 N–H and O–H groups in total. The maximum Gasteiger partial charge on any atom is 0.338 e. The summed E-state index contributed by atoms with van der Waals surface area (Å²) in [5, 5.41) is 2.13. The fourth-order valence-corrected chi connectivity index (χ4v) is 7.11. The van der Waals surface area contributed by atoms with Crippen molar-refractivity contribution in [3.8, 4) is 5.75 Å². The number of hydrogen-bond acceptors (Lipinski definition) is 3. The molecule has 3 nitrogen and oxygen atoms in total. The molecule has 0 unspecified atom stereocenters. The predicted molar refractivity (Wildman–Crippen MR) is 149 cm³/mol. The van der Waals surface area contributed by atoms with Gasteiger partial charge in [0.2, 0.25) is 0 Å². The zero-order chi connectivity index (χ0) is 24.7. The topological polar surface area (TPSA) is 35.5 Å². The molecule has 0 saturated heterocycles. The number of carbonyl (C=O) groups excluding carboxylic acids is 1. The van der Waals surface area contributed by atoms with Crippen LogP contribution in [0.2, 0.25) is 25.2 Å². The summed E-state index contributed by atoms with van der Waals surface area (Å²) in [6.45, 7) is 10.7. The molecule has 0 aliphatic heterocycles. The predicted octanol–water partition coefficient (Wildman–Crippen LogP) is 9.41. The molecule has 2 aromatic carbocycles. The summed E-state index contributed by atoms with van der Waals surface area (Å²) in [5.41, 5.74) is 0.627. The van der Waals surface area contributed by atoms with Gasteiger partial charge in [-0.1, -0.05) is 109 Å². The van der Waals surface area contributed by atoms with Crippen LogP contribution >= 0.6 is 0 Å². The molecule has 4 heteroatoms. The van der Waals surface area contributed by atoms with E-state index in [1.54, 1.807) is 0 Å². The molecule has 0 atom stereocenters. The molecule has 34 heavy (non-hydrogen) atoms. The molecule has 0 aromatic heterocycles. The Bertz CT molecular complexity index is 846. The van der Waals surface area contributed by atoms with Gasteiger partial charge in [-0.05, 0) is 47.9 Å². The lowest BCUT2D eigenvalue weighted by molar-refractivity contribution is 0.0505. The first-order valence-electron chi connectivity index (χ1n) is 13.8. The van der Waals surface area contributed by atoms with Gasteiger partial charge in [-0.25, -0.2) is 4.79 Å². The first kappa shape index (κ1) is 28.4. The Morgan fingerprint density at radius 2 is 1.32 bits per heavy atom. The van der Waals surface area contributed by atoms with Crippen LogP contribution in [0, 0.1) is 0 Å². The van der Waals surface area contributed by atoms with Gasteiger partial charge in [0.05, 0.1) is 18.8 Å². The Morgan fingerprint density at radius 3 is 2.06 bits per heavy atom. The van der Waals surface area contributed by atoms with E-state index in [9.17, 15) is 4.79 Å². The zero-order valence-corrected chi connectivity index (χ0v) is 23.3. The standard InChI is InChI=1S/C30H48O3Si/c1-5-7-9-10-11-12-13-14-20-32-29-19-18-26-24-28(17-16-27(26)25-29)30(31)33-21-15-23-34(3,4)22-8-6-2/h16-19,24-25H,5-15,20-23H2,1-4H3. The number of rotatable bonds is 18. The number of ether oxygens (including phenoxy) is 2. The van der Waals surface area contributed by atoms with Crippen LogP contribution < -0.4 is 4.74 Å². The number of carbonyl (C=O) groups is 1. The van der Waals surface area contributed by atoms with Crippen molar-refractivity contribution in [2.75, 3.05) is 13.2 Å². The van der Waals surface area contributed by atoms with Gasteiger partial charge >= 0.3 is 5.97 Å². The normalized spacial score (nSPS) is 11.6. The molecule has 0 radical (unpaired) electrons. The fourth-order valence-electron chi connectivity index (χ4n) is 4.45. The van der Waals surface area contributed by atoms with Gasteiger partial charge in [-0.3, -0.25) is 0 Å². The van der Waals surface area contributed by atoms with Crippen molar-refractivity contribution < 1.29 is 14.3 Å². The van der Waals surface area contributed by atoms with Crippen molar-refractivity contribution >= 4 is 24.8 Å². The summed E-state index contributed by atoms with van der Waals surface area (Å²) >= 11 is 0. The molecule has 0 saturated carbocycles. The SMILES string of the molecule is CCCCCCCCCCOc1ccc2cc(C(=O)OCCC[Si](C)(C)CCCC)ccc2c1. The minimum absolute atomic E-state index is 0.218. The van der Waals surface area contributed by atoms with Crippen molar-refractivity contribution in [3.05, 3.63) is 42.0 Å². The van der Waals surface area contributed by atoms with E-state index < -0.39 is 8.07 Å². The van der Waals surface area contributed by atoms with E-state index in [4.69, 9.17) is 9.47 Å². The van der Waals surface area contributed by atoms with Crippen molar-refractivity contribution in [2.24, 2.45) is 0 Å². The highest BCUT2D eigenvalue weighted by Crippen LogP contribution is 2.24. The number of benzene rings is 2. The third-order valence-corrected chi connectivity index (χ3v) is 10.2. The number of unbranched alkanes of at least 4 members (excludes halogenated alkanes) is 8. The summed E-state index contributed by atoms with van der Waals surface area (Å²) in [6.07, 6.45) is 14.0. The number of esters is 1. The second-order valence-electron chi connectivity index (χ2n) is 10.6. The molecular weight excluding hydrogens is 436 g/mol. The maximum atomic E-state index is 12.5. The smallest absolute Gasteiger partial charge is 0.338 e. The minimum Gasteiger partial charge on any atom is -0.494 e. The molecule has 0 amide bonds. The van der Waals surface area contributed by atoms with E-state index in [-0.39, 0.29) is 5.97 Å². The van der Waals surface area contributed by atoms with Crippen LogP contribution in [0.5, 0.6) is 5.75 Å². The van der Waals surface area contributed by atoms with Crippen LogP contribution in [0.4, 0.5) is 0 Å². The average molecular weight is 485 g/mol. The van der Waals surface area contributed by atoms with Crippen molar-refractivity contribution in [2.45, 2.75) is 110 Å². The van der Waals surface area contributed by atoms with E-state index in [2.05, 4.69) is 33.0 Å². The monoisotopic (exact) mass is 484 g/mol. The van der Waals surface area contributed by atoms with Gasteiger partial charge in [0.25, 0.3) is 0 Å². The third kappa shape index (κ3) is 11.1. The van der Waals surface area contributed by atoms with Crippen LogP contribution in [-0.2, 0) is 4.74 Å². The van der Waals surface area contributed by atoms with Gasteiger partial charge < -0.3 is 9.47 Å². The summed E-state index contributed by atoms with van der Waals surface area (Å²) in [4.78, 5) is 12.5. The second-order valence-corrected chi connectivity index (χ2v) is 15.9. The Balaban J connectivity index is 1.72. The highest BCUT2D eigenvalue weighted by atomic mass is 28.3. The van der Waals surface area contributed by atoms with Gasteiger partial charge in [0, 0.05) is 8.07 Å². The average Bonchev–Trinajstić information content (AvgIpc) is 2.84. The van der Waals surface area contributed by atoms with Crippen molar-refractivity contribution in [1.82, 2.24) is 0 Å². The van der Waals surface area contributed by atoms with Gasteiger partial charge in [-0.2, -0.15) is 0 Å². The second kappa shape index (κ2) is 16.0. The van der Waals surface area contributed by atoms with Gasteiger partial charge in [0.1, 0.15) is 5.75 Å².